The fourth-order valence-corrected chi connectivity index (χ4v) is 5.67. The first-order valence-corrected chi connectivity index (χ1v) is 15.5. The van der Waals surface area contributed by atoms with Gasteiger partial charge in [-0.05, 0) is 62.9 Å². The second-order valence-electron chi connectivity index (χ2n) is 13.7. The van der Waals surface area contributed by atoms with Gasteiger partial charge in [0.05, 0.1) is 17.7 Å². The molecule has 1 aliphatic heterocycles. The van der Waals surface area contributed by atoms with Crippen LogP contribution in [0.5, 0.6) is 5.75 Å². The first-order chi connectivity index (χ1) is 21.4. The summed E-state index contributed by atoms with van der Waals surface area (Å²) in [6.45, 7) is 16.4. The molecule has 1 aliphatic carbocycles. The van der Waals surface area contributed by atoms with Crippen molar-refractivity contribution in [1.82, 2.24) is 35.7 Å². The predicted molar refractivity (Wildman–Crippen MR) is 168 cm³/mol. The highest BCUT2D eigenvalue weighted by Gasteiger charge is 2.61. The van der Waals surface area contributed by atoms with E-state index < -0.39 is 64.5 Å². The summed E-state index contributed by atoms with van der Waals surface area (Å²) in [7, 11) is 0. The molecule has 3 amide bonds. The van der Waals surface area contributed by atoms with Gasteiger partial charge in [0.2, 0.25) is 17.6 Å². The average Bonchev–Trinajstić information content (AvgIpc) is 3.26. The molecule has 0 bridgehead atoms. The number of carbonyl (C=O) groups excluding carboxylic acids is 3. The number of halogens is 1. The van der Waals surface area contributed by atoms with E-state index in [9.17, 15) is 24.3 Å². The molecule has 2 heterocycles. The number of nitrogens with one attached hydrogen (secondary N) is 2. The molecule has 1 saturated carbocycles. The quantitative estimate of drug-likeness (QED) is 0.319. The Balaban J connectivity index is 1.64. The number of hydrogen-bond donors (Lipinski definition) is 3. The van der Waals surface area contributed by atoms with Gasteiger partial charge in [-0.15, -0.1) is 16.8 Å². The van der Waals surface area contributed by atoms with Crippen LogP contribution in [0.4, 0.5) is 4.79 Å². The Labute approximate surface area is 272 Å². The maximum atomic E-state index is 14.2. The number of hydrogen-bond acceptors (Lipinski definition) is 9. The molecule has 5 atom stereocenters. The van der Waals surface area contributed by atoms with Gasteiger partial charge in [0.1, 0.15) is 29.0 Å². The van der Waals surface area contributed by atoms with E-state index >= 15 is 0 Å². The Morgan fingerprint density at radius 1 is 1.22 bits per heavy atom. The Hall–Kier alpha value is -4.20. The van der Waals surface area contributed by atoms with Gasteiger partial charge in [-0.1, -0.05) is 38.4 Å². The van der Waals surface area contributed by atoms with Gasteiger partial charge >= 0.3 is 12.1 Å². The molecule has 4 rings (SSSR count). The van der Waals surface area contributed by atoms with Gasteiger partial charge in [0.25, 0.3) is 0 Å². The molecule has 15 heteroatoms. The molecular formula is C31H42ClN7O7. The Bertz CT molecular complexity index is 1520. The minimum absolute atomic E-state index is 0.00963. The first kappa shape index (κ1) is 34.7. The number of alkyl carbamates (subject to hydrolysis) is 1. The Kier molecular flexibility index (Phi) is 9.72. The molecule has 0 radical (unpaired) electrons. The fraction of sp³-hybridized carbons (Fsp3) is 0.581. The molecule has 2 aliphatic rings. The molecule has 250 valence electrons. The lowest BCUT2D eigenvalue weighted by Gasteiger charge is -2.36. The van der Waals surface area contributed by atoms with Crippen LogP contribution in [-0.2, 0) is 19.1 Å². The van der Waals surface area contributed by atoms with Crippen LogP contribution in [-0.4, -0.2) is 90.5 Å². The molecule has 46 heavy (non-hydrogen) atoms. The van der Waals surface area contributed by atoms with Crippen LogP contribution in [0.2, 0.25) is 5.02 Å². The number of carbonyl (C=O) groups is 4. The number of tetrazole rings is 1. The summed E-state index contributed by atoms with van der Waals surface area (Å²) < 4.78 is 10.9. The number of amides is 3. The number of ether oxygens (including phenoxy) is 2. The standard InChI is InChI=1S/C31H42ClN7O7/c1-9-18-15-31(18,27(42)43)34-25(40)21-14-19(39-36-24(35-37-39)17-11-12-22(45-10-2)20(32)13-17)16-38(21)26(41)23(29(3,4)5)33-28(44)46-30(6,7)8/h9,11-13,18-19,21,23H,1,10,14-16H2,2-8H3,(H,33,44)(H,34,40)(H,42,43). The number of benzene rings is 1. The van der Waals surface area contributed by atoms with Gasteiger partial charge in [-0.3, -0.25) is 9.59 Å². The minimum atomic E-state index is -1.50. The monoisotopic (exact) mass is 659 g/mol. The van der Waals surface area contributed by atoms with Gasteiger partial charge in [0, 0.05) is 24.4 Å². The summed E-state index contributed by atoms with van der Waals surface area (Å²) in [6, 6.07) is 2.32. The van der Waals surface area contributed by atoms with E-state index in [0.29, 0.717) is 22.9 Å². The van der Waals surface area contributed by atoms with Crippen molar-refractivity contribution < 1.29 is 33.8 Å². The summed E-state index contributed by atoms with van der Waals surface area (Å²) in [4.78, 5) is 55.6. The summed E-state index contributed by atoms with van der Waals surface area (Å²) in [6.07, 6.45) is 0.953. The molecule has 1 saturated heterocycles. The number of nitrogens with zero attached hydrogens (tertiary/aromatic N) is 5. The van der Waals surface area contributed by atoms with Crippen molar-refractivity contribution in [2.75, 3.05) is 13.2 Å². The zero-order chi connectivity index (χ0) is 34.2. The molecule has 14 nitrogen and oxygen atoms in total. The Morgan fingerprint density at radius 2 is 1.91 bits per heavy atom. The van der Waals surface area contributed by atoms with Crippen LogP contribution in [0.1, 0.15) is 67.3 Å². The van der Waals surface area contributed by atoms with Gasteiger partial charge in [-0.2, -0.15) is 4.80 Å². The second kappa shape index (κ2) is 12.9. The largest absolute Gasteiger partial charge is 0.492 e. The normalized spacial score (nSPS) is 23.3. The third-order valence-corrected chi connectivity index (χ3v) is 8.21. The lowest BCUT2D eigenvalue weighted by Crippen LogP contribution is -2.59. The van der Waals surface area contributed by atoms with Gasteiger partial charge in [-0.25, -0.2) is 9.59 Å². The number of carboxylic acids is 1. The van der Waals surface area contributed by atoms with E-state index in [1.54, 1.807) is 59.7 Å². The van der Waals surface area contributed by atoms with E-state index in [2.05, 4.69) is 32.6 Å². The van der Waals surface area contributed by atoms with E-state index in [1.807, 2.05) is 6.92 Å². The smallest absolute Gasteiger partial charge is 0.408 e. The fourth-order valence-electron chi connectivity index (χ4n) is 5.44. The summed E-state index contributed by atoms with van der Waals surface area (Å²) in [5.74, 6) is -2.04. The van der Waals surface area contributed by atoms with Gasteiger partial charge in [0.15, 0.2) is 0 Å². The highest BCUT2D eigenvalue weighted by molar-refractivity contribution is 6.32. The molecule has 2 aromatic rings. The molecule has 2 fully saturated rings. The number of likely N-dealkylation sites (tertiary alicyclic amines) is 1. The van der Waals surface area contributed by atoms with Crippen molar-refractivity contribution in [1.29, 1.82) is 0 Å². The van der Waals surface area contributed by atoms with E-state index in [4.69, 9.17) is 21.1 Å². The summed E-state index contributed by atoms with van der Waals surface area (Å²) in [5, 5.41) is 28.5. The zero-order valence-corrected chi connectivity index (χ0v) is 27.9. The predicted octanol–water partition coefficient (Wildman–Crippen LogP) is 3.62. The molecule has 1 aromatic carbocycles. The van der Waals surface area contributed by atoms with Crippen LogP contribution in [0.3, 0.4) is 0 Å². The van der Waals surface area contributed by atoms with E-state index in [1.165, 1.54) is 15.8 Å². The topological polar surface area (TPSA) is 178 Å². The maximum Gasteiger partial charge on any atom is 0.408 e. The van der Waals surface area contributed by atoms with Crippen LogP contribution in [0, 0.1) is 11.3 Å². The van der Waals surface area contributed by atoms with Gasteiger partial charge < -0.3 is 30.1 Å². The van der Waals surface area contributed by atoms with E-state index in [-0.39, 0.29) is 25.2 Å². The second-order valence-corrected chi connectivity index (χ2v) is 14.1. The third kappa shape index (κ3) is 7.43. The van der Waals surface area contributed by atoms with Crippen LogP contribution >= 0.6 is 11.6 Å². The first-order valence-electron chi connectivity index (χ1n) is 15.1. The summed E-state index contributed by atoms with van der Waals surface area (Å²) in [5.41, 5.74) is -2.51. The maximum absolute atomic E-state index is 14.2. The highest BCUT2D eigenvalue weighted by Crippen LogP contribution is 2.45. The van der Waals surface area contributed by atoms with Crippen molar-refractivity contribution in [2.24, 2.45) is 11.3 Å². The zero-order valence-electron chi connectivity index (χ0n) is 27.2. The van der Waals surface area contributed by atoms with E-state index in [0.717, 1.165) is 0 Å². The third-order valence-electron chi connectivity index (χ3n) is 7.91. The van der Waals surface area contributed by atoms with Crippen LogP contribution < -0.4 is 15.4 Å². The number of aromatic nitrogens is 4. The number of aliphatic carboxylic acids is 1. The molecule has 0 spiro atoms. The number of rotatable bonds is 10. The van der Waals surface area contributed by atoms with Crippen molar-refractivity contribution in [3.05, 3.63) is 35.9 Å². The van der Waals surface area contributed by atoms with Crippen molar-refractivity contribution in [2.45, 2.75) is 90.6 Å². The summed E-state index contributed by atoms with van der Waals surface area (Å²) >= 11 is 6.36. The van der Waals surface area contributed by atoms with Crippen molar-refractivity contribution >= 4 is 35.5 Å². The SMILES string of the molecule is C=CC1CC1(NC(=O)C1CC(n2nnc(-c3ccc(OCC)c(Cl)c3)n2)CN1C(=O)C(NC(=O)OC(C)(C)C)C(C)(C)C)C(=O)O. The lowest BCUT2D eigenvalue weighted by atomic mass is 9.85. The van der Waals surface area contributed by atoms with Crippen molar-refractivity contribution in [3.63, 3.8) is 0 Å². The lowest BCUT2D eigenvalue weighted by molar-refractivity contribution is -0.146. The highest BCUT2D eigenvalue weighted by atomic mass is 35.5. The molecule has 3 N–H and O–H groups in total. The van der Waals surface area contributed by atoms with Crippen LogP contribution in [0.15, 0.2) is 30.9 Å². The van der Waals surface area contributed by atoms with Crippen molar-refractivity contribution in [3.8, 4) is 17.1 Å². The number of carboxylic acid groups (broad SMARTS) is 1. The minimum Gasteiger partial charge on any atom is -0.492 e. The molecule has 1 aromatic heterocycles. The Morgan fingerprint density at radius 3 is 2.46 bits per heavy atom. The average molecular weight is 660 g/mol. The molecular weight excluding hydrogens is 618 g/mol. The van der Waals surface area contributed by atoms with Crippen LogP contribution in [0.25, 0.3) is 11.4 Å². The molecule has 5 unspecified atom stereocenters.